The van der Waals surface area contributed by atoms with E-state index < -0.39 is 0 Å². The van der Waals surface area contributed by atoms with Gasteiger partial charge in [0.2, 0.25) is 11.0 Å². The Balaban J connectivity index is 1.67. The minimum atomic E-state index is -0.332. The Morgan fingerprint density at radius 3 is 2.42 bits per heavy atom. The molecule has 4 aromatic rings. The van der Waals surface area contributed by atoms with Gasteiger partial charge < -0.3 is 15.0 Å². The molecular formula is C24H21FN4OS. The molecule has 3 aromatic carbocycles. The van der Waals surface area contributed by atoms with Gasteiger partial charge in [-0.1, -0.05) is 54.6 Å². The third-order valence-corrected chi connectivity index (χ3v) is 5.34. The van der Waals surface area contributed by atoms with Crippen LogP contribution in [-0.4, -0.2) is 14.8 Å². The van der Waals surface area contributed by atoms with Gasteiger partial charge in [0.15, 0.2) is 5.69 Å². The van der Waals surface area contributed by atoms with E-state index in [0.717, 1.165) is 22.3 Å². The largest absolute Gasteiger partial charge is 0.493 e. The van der Waals surface area contributed by atoms with Crippen LogP contribution in [0.1, 0.15) is 16.7 Å². The molecule has 0 fully saturated rings. The molecule has 7 heteroatoms. The lowest BCUT2D eigenvalue weighted by atomic mass is 10.1. The van der Waals surface area contributed by atoms with Crippen LogP contribution in [0.5, 0.6) is 5.88 Å². The van der Waals surface area contributed by atoms with Gasteiger partial charge in [0.1, 0.15) is 5.82 Å². The topological polar surface area (TPSA) is 61.9 Å². The van der Waals surface area contributed by atoms with Gasteiger partial charge in [-0.3, -0.25) is 0 Å². The fourth-order valence-corrected chi connectivity index (χ4v) is 3.71. The van der Waals surface area contributed by atoms with E-state index in [-0.39, 0.29) is 29.0 Å². The molecule has 0 bridgehead atoms. The number of hydrogen-bond acceptors (Lipinski definition) is 3. The molecule has 0 amide bonds. The molecule has 2 N–H and O–H groups in total. The summed E-state index contributed by atoms with van der Waals surface area (Å²) < 4.78 is 15.8. The number of anilines is 1. The number of fused-ring (bicyclic) bond motifs is 1. The van der Waals surface area contributed by atoms with E-state index in [4.69, 9.17) is 12.2 Å². The molecule has 31 heavy (non-hydrogen) atoms. The van der Waals surface area contributed by atoms with E-state index in [0.29, 0.717) is 10.9 Å². The maximum atomic E-state index is 14.2. The number of halogens is 1. The van der Waals surface area contributed by atoms with E-state index in [2.05, 4.69) is 15.5 Å². The standard InChI is InChI=1S/C24H21FN4OS/c1-15-8-7-9-16(2)21(15)26-24(31)28-27-22-18-11-4-6-13-20(18)29(23(22)30)14-17-10-3-5-12-19(17)25/h3-13,30H,14H2,1-2H3,(H,26,31). The normalized spacial score (nSPS) is 11.3. The Morgan fingerprint density at radius 1 is 1.00 bits per heavy atom. The van der Waals surface area contributed by atoms with Gasteiger partial charge in [0, 0.05) is 16.6 Å². The number of nitrogens with one attached hydrogen (secondary N) is 1. The Kier molecular flexibility index (Phi) is 5.77. The first kappa shape index (κ1) is 20.7. The monoisotopic (exact) mass is 432 g/mol. The van der Waals surface area contributed by atoms with Crippen molar-refractivity contribution in [1.29, 1.82) is 0 Å². The molecule has 1 heterocycles. The molecule has 1 aromatic heterocycles. The summed E-state index contributed by atoms with van der Waals surface area (Å²) in [5, 5.41) is 23.2. The van der Waals surface area contributed by atoms with E-state index in [9.17, 15) is 9.50 Å². The molecule has 4 rings (SSSR count). The van der Waals surface area contributed by atoms with E-state index in [1.807, 2.05) is 56.3 Å². The van der Waals surface area contributed by atoms with Gasteiger partial charge >= 0.3 is 0 Å². The number of benzene rings is 3. The first-order valence-corrected chi connectivity index (χ1v) is 10.2. The SMILES string of the molecule is Cc1cccc(C)c1NC(=S)N=Nc1c(O)n(Cc2ccccc2F)c2ccccc12. The maximum absolute atomic E-state index is 14.2. The smallest absolute Gasteiger partial charge is 0.221 e. The molecule has 0 saturated carbocycles. The number of thiocarbonyl (C=S) groups is 1. The molecule has 0 spiro atoms. The summed E-state index contributed by atoms with van der Waals surface area (Å²) in [5.74, 6) is -0.426. The van der Waals surface area contributed by atoms with Crippen molar-refractivity contribution in [1.82, 2.24) is 4.57 Å². The fourth-order valence-electron chi connectivity index (χ4n) is 3.57. The second kappa shape index (κ2) is 8.65. The number of hydrogen-bond donors (Lipinski definition) is 2. The number of aryl methyl sites for hydroxylation is 2. The highest BCUT2D eigenvalue weighted by molar-refractivity contribution is 7.80. The van der Waals surface area contributed by atoms with Gasteiger partial charge in [-0.05, 0) is 49.3 Å². The molecule has 0 radical (unpaired) electrons. The Hall–Kier alpha value is -3.58. The van der Waals surface area contributed by atoms with Crippen molar-refractivity contribution in [2.75, 3.05) is 5.32 Å². The first-order valence-electron chi connectivity index (χ1n) is 9.78. The molecule has 0 aliphatic carbocycles. The fraction of sp³-hybridized carbons (Fsp3) is 0.125. The molecule has 0 atom stereocenters. The van der Waals surface area contributed by atoms with E-state index in [1.165, 1.54) is 6.07 Å². The van der Waals surface area contributed by atoms with Crippen molar-refractivity contribution >= 4 is 39.6 Å². The molecule has 5 nitrogen and oxygen atoms in total. The second-order valence-corrected chi connectivity index (χ2v) is 7.65. The lowest BCUT2D eigenvalue weighted by Crippen LogP contribution is -2.07. The lowest BCUT2D eigenvalue weighted by Gasteiger charge is -2.10. The van der Waals surface area contributed by atoms with Crippen LogP contribution in [0.4, 0.5) is 15.8 Å². The van der Waals surface area contributed by atoms with Crippen molar-refractivity contribution < 1.29 is 9.50 Å². The van der Waals surface area contributed by atoms with Crippen molar-refractivity contribution in [2.45, 2.75) is 20.4 Å². The van der Waals surface area contributed by atoms with Crippen LogP contribution < -0.4 is 5.32 Å². The number of rotatable bonds is 4. The maximum Gasteiger partial charge on any atom is 0.221 e. The zero-order valence-corrected chi connectivity index (χ0v) is 17.9. The average Bonchev–Trinajstić information content (AvgIpc) is 3.02. The lowest BCUT2D eigenvalue weighted by molar-refractivity contribution is 0.428. The van der Waals surface area contributed by atoms with Crippen molar-refractivity contribution in [2.24, 2.45) is 10.2 Å². The van der Waals surface area contributed by atoms with Crippen LogP contribution in [0.3, 0.4) is 0 Å². The quantitative estimate of drug-likeness (QED) is 0.281. The predicted octanol–water partition coefficient (Wildman–Crippen LogP) is 6.63. The molecule has 0 saturated heterocycles. The molecular weight excluding hydrogens is 411 g/mol. The summed E-state index contributed by atoms with van der Waals surface area (Å²) in [7, 11) is 0. The van der Waals surface area contributed by atoms with Gasteiger partial charge in [0.05, 0.1) is 12.1 Å². The molecule has 0 aliphatic rings. The average molecular weight is 433 g/mol. The van der Waals surface area contributed by atoms with Crippen LogP contribution in [0.2, 0.25) is 0 Å². The zero-order chi connectivity index (χ0) is 22.0. The summed E-state index contributed by atoms with van der Waals surface area (Å²) in [4.78, 5) is 0. The Bertz CT molecular complexity index is 1290. The van der Waals surface area contributed by atoms with Crippen LogP contribution in [-0.2, 0) is 6.54 Å². The van der Waals surface area contributed by atoms with Crippen LogP contribution in [0.25, 0.3) is 10.9 Å². The van der Waals surface area contributed by atoms with Crippen LogP contribution >= 0.6 is 12.2 Å². The van der Waals surface area contributed by atoms with Crippen molar-refractivity contribution in [3.05, 3.63) is 89.2 Å². The van der Waals surface area contributed by atoms with Gasteiger partial charge in [0.25, 0.3) is 0 Å². The van der Waals surface area contributed by atoms with Gasteiger partial charge in [-0.15, -0.1) is 10.2 Å². The van der Waals surface area contributed by atoms with Crippen LogP contribution in [0, 0.1) is 19.7 Å². The highest BCUT2D eigenvalue weighted by Crippen LogP contribution is 2.39. The first-order chi connectivity index (χ1) is 15.0. The molecule has 0 aliphatic heterocycles. The van der Waals surface area contributed by atoms with Gasteiger partial charge in [-0.25, -0.2) is 4.39 Å². The summed E-state index contributed by atoms with van der Waals surface area (Å²) in [5.41, 5.74) is 4.46. The number of aromatic nitrogens is 1. The second-order valence-electron chi connectivity index (χ2n) is 7.26. The minimum absolute atomic E-state index is 0.0944. The zero-order valence-electron chi connectivity index (χ0n) is 17.1. The summed E-state index contributed by atoms with van der Waals surface area (Å²) in [6.07, 6.45) is 0. The minimum Gasteiger partial charge on any atom is -0.493 e. The molecule has 156 valence electrons. The van der Waals surface area contributed by atoms with Crippen molar-refractivity contribution in [3.8, 4) is 5.88 Å². The van der Waals surface area contributed by atoms with Crippen LogP contribution in [0.15, 0.2) is 77.0 Å². The third-order valence-electron chi connectivity index (χ3n) is 5.16. The Labute approximate surface area is 184 Å². The summed E-state index contributed by atoms with van der Waals surface area (Å²) in [6, 6.07) is 19.8. The number of nitrogens with zero attached hydrogens (tertiary/aromatic N) is 3. The van der Waals surface area contributed by atoms with Crippen molar-refractivity contribution in [3.63, 3.8) is 0 Å². The number of azo groups is 1. The predicted molar refractivity (Wildman–Crippen MR) is 126 cm³/mol. The number of para-hydroxylation sites is 2. The third kappa shape index (κ3) is 4.18. The molecule has 0 unspecified atom stereocenters. The summed E-state index contributed by atoms with van der Waals surface area (Å²) in [6.45, 7) is 4.13. The Morgan fingerprint density at radius 2 is 1.68 bits per heavy atom. The highest BCUT2D eigenvalue weighted by Gasteiger charge is 2.17. The van der Waals surface area contributed by atoms with E-state index in [1.54, 1.807) is 22.8 Å². The van der Waals surface area contributed by atoms with Gasteiger partial charge in [-0.2, -0.15) is 0 Å². The number of aromatic hydroxyl groups is 1. The highest BCUT2D eigenvalue weighted by atomic mass is 32.1. The summed E-state index contributed by atoms with van der Waals surface area (Å²) >= 11 is 5.34. The van der Waals surface area contributed by atoms with E-state index >= 15 is 0 Å².